The van der Waals surface area contributed by atoms with Crippen LogP contribution in [-0.4, -0.2) is 36.5 Å². The van der Waals surface area contributed by atoms with Gasteiger partial charge in [0.15, 0.2) is 5.78 Å². The van der Waals surface area contributed by atoms with Crippen molar-refractivity contribution in [3.63, 3.8) is 0 Å². The second kappa shape index (κ2) is 10.9. The molecule has 0 radical (unpaired) electrons. The lowest BCUT2D eigenvalue weighted by Gasteiger charge is -2.33. The summed E-state index contributed by atoms with van der Waals surface area (Å²) in [4.78, 5) is 50.7. The van der Waals surface area contributed by atoms with Crippen molar-refractivity contribution in [3.05, 3.63) is 46.7 Å². The Kier molecular flexibility index (Phi) is 7.94. The van der Waals surface area contributed by atoms with Gasteiger partial charge in [0.2, 0.25) is 11.8 Å². The van der Waals surface area contributed by atoms with Gasteiger partial charge in [0.25, 0.3) is 0 Å². The average Bonchev–Trinajstić information content (AvgIpc) is 3.31. The van der Waals surface area contributed by atoms with Gasteiger partial charge in [-0.15, -0.1) is 11.3 Å². The van der Waals surface area contributed by atoms with Crippen molar-refractivity contribution in [1.82, 2.24) is 0 Å². The molecule has 8 heteroatoms. The number of carbonyl (C=O) groups is 4. The number of primary amides is 1. The second-order valence-corrected chi connectivity index (χ2v) is 8.62. The van der Waals surface area contributed by atoms with Gasteiger partial charge in [0, 0.05) is 44.7 Å². The van der Waals surface area contributed by atoms with E-state index in [1.54, 1.807) is 6.07 Å². The molecular weight excluding hydrogens is 414 g/mol. The number of rotatable bonds is 10. The van der Waals surface area contributed by atoms with Crippen molar-refractivity contribution in [2.45, 2.75) is 38.5 Å². The molecular formula is C23H27N3O4S. The minimum atomic E-state index is -0.261. The third-order valence-electron chi connectivity index (χ3n) is 5.47. The van der Waals surface area contributed by atoms with Crippen molar-refractivity contribution in [3.8, 4) is 0 Å². The van der Waals surface area contributed by atoms with Crippen LogP contribution in [0.5, 0.6) is 0 Å². The fraction of sp³-hybridized carbons (Fsp3) is 0.391. The lowest BCUT2D eigenvalue weighted by molar-refractivity contribution is -0.122. The first-order chi connectivity index (χ1) is 14.9. The van der Waals surface area contributed by atoms with Gasteiger partial charge in [-0.1, -0.05) is 18.2 Å². The molecule has 2 aromatic rings. The van der Waals surface area contributed by atoms with Crippen LogP contribution in [0.2, 0.25) is 0 Å². The molecule has 0 atom stereocenters. The molecule has 3 rings (SSSR count). The van der Waals surface area contributed by atoms with E-state index in [9.17, 15) is 19.2 Å². The number of hydrogen-bond acceptors (Lipinski definition) is 6. The molecule has 0 aliphatic carbocycles. The van der Waals surface area contributed by atoms with Gasteiger partial charge in [0.1, 0.15) is 5.78 Å². The fourth-order valence-corrected chi connectivity index (χ4v) is 4.36. The SMILES string of the molecule is NC(=O)C1CCN(c2ccccc2NC(=O)CCC(=O)CCC(=O)c2cccs2)CC1. The van der Waals surface area contributed by atoms with E-state index in [0.717, 1.165) is 5.69 Å². The van der Waals surface area contributed by atoms with Gasteiger partial charge in [-0.3, -0.25) is 19.2 Å². The number of Topliss-reactive ketones (excluding diaryl/α,β-unsaturated/α-hetero) is 2. The monoisotopic (exact) mass is 441 g/mol. The van der Waals surface area contributed by atoms with E-state index < -0.39 is 0 Å². The zero-order chi connectivity index (χ0) is 22.2. The lowest BCUT2D eigenvalue weighted by Crippen LogP contribution is -2.38. The highest BCUT2D eigenvalue weighted by atomic mass is 32.1. The molecule has 1 fully saturated rings. The minimum Gasteiger partial charge on any atom is -0.370 e. The third kappa shape index (κ3) is 6.49. The Labute approximate surface area is 185 Å². The lowest BCUT2D eigenvalue weighted by atomic mass is 9.96. The van der Waals surface area contributed by atoms with Gasteiger partial charge < -0.3 is 16.0 Å². The first-order valence-corrected chi connectivity index (χ1v) is 11.3. The van der Waals surface area contributed by atoms with E-state index in [1.807, 2.05) is 35.7 Å². The molecule has 3 N–H and O–H groups in total. The number of para-hydroxylation sites is 2. The van der Waals surface area contributed by atoms with E-state index in [4.69, 9.17) is 5.73 Å². The molecule has 1 aromatic heterocycles. The van der Waals surface area contributed by atoms with Crippen LogP contribution in [0, 0.1) is 5.92 Å². The number of nitrogens with zero attached hydrogens (tertiary/aromatic N) is 1. The topological polar surface area (TPSA) is 110 Å². The summed E-state index contributed by atoms with van der Waals surface area (Å²) < 4.78 is 0. The third-order valence-corrected chi connectivity index (χ3v) is 6.38. The van der Waals surface area contributed by atoms with Crippen LogP contribution in [0.15, 0.2) is 41.8 Å². The molecule has 31 heavy (non-hydrogen) atoms. The fourth-order valence-electron chi connectivity index (χ4n) is 3.66. The number of anilines is 2. The minimum absolute atomic E-state index is 0.0400. The quantitative estimate of drug-likeness (QED) is 0.549. The molecule has 1 aromatic carbocycles. The molecule has 0 unspecified atom stereocenters. The molecule has 1 saturated heterocycles. The first-order valence-electron chi connectivity index (χ1n) is 10.5. The van der Waals surface area contributed by atoms with Crippen molar-refractivity contribution in [2.24, 2.45) is 11.7 Å². The van der Waals surface area contributed by atoms with Gasteiger partial charge in [-0.2, -0.15) is 0 Å². The molecule has 2 amide bonds. The number of piperidine rings is 1. The maximum atomic E-state index is 12.4. The second-order valence-electron chi connectivity index (χ2n) is 7.67. The predicted octanol–water partition coefficient (Wildman–Crippen LogP) is 3.40. The molecule has 7 nitrogen and oxygen atoms in total. The number of ketones is 2. The van der Waals surface area contributed by atoms with Gasteiger partial charge in [-0.25, -0.2) is 0 Å². The van der Waals surface area contributed by atoms with Gasteiger partial charge in [-0.05, 0) is 36.4 Å². The Balaban J connectivity index is 1.47. The molecule has 0 bridgehead atoms. The molecule has 0 saturated carbocycles. The summed E-state index contributed by atoms with van der Waals surface area (Å²) in [5, 5.41) is 4.73. The van der Waals surface area contributed by atoms with E-state index in [2.05, 4.69) is 10.2 Å². The summed E-state index contributed by atoms with van der Waals surface area (Å²) in [6.45, 7) is 1.38. The maximum Gasteiger partial charge on any atom is 0.224 e. The summed E-state index contributed by atoms with van der Waals surface area (Å²) in [6, 6.07) is 11.1. The number of benzene rings is 1. The Bertz CT molecular complexity index is 934. The van der Waals surface area contributed by atoms with Crippen molar-refractivity contribution in [2.75, 3.05) is 23.3 Å². The van der Waals surface area contributed by atoms with Crippen molar-refractivity contribution >= 4 is 46.1 Å². The standard InChI is InChI=1S/C23H27N3O4S/c24-23(30)16-11-13-26(14-12-16)19-5-2-1-4-18(19)25-22(29)10-8-17(27)7-9-20(28)21-6-3-15-31-21/h1-6,15-16H,7-14H2,(H2,24,30)(H,25,29). The molecule has 1 aliphatic rings. The summed E-state index contributed by atoms with van der Waals surface area (Å²) in [7, 11) is 0. The van der Waals surface area contributed by atoms with Crippen LogP contribution in [0.25, 0.3) is 0 Å². The smallest absolute Gasteiger partial charge is 0.224 e. The first kappa shape index (κ1) is 22.7. The molecule has 1 aliphatic heterocycles. The summed E-state index contributed by atoms with van der Waals surface area (Å²) >= 11 is 1.36. The van der Waals surface area contributed by atoms with Crippen molar-refractivity contribution in [1.29, 1.82) is 0 Å². The van der Waals surface area contributed by atoms with Crippen molar-refractivity contribution < 1.29 is 19.2 Å². The summed E-state index contributed by atoms with van der Waals surface area (Å²) in [5.41, 5.74) is 6.99. The Morgan fingerprint density at radius 1 is 0.968 bits per heavy atom. The average molecular weight is 442 g/mol. The zero-order valence-electron chi connectivity index (χ0n) is 17.3. The highest BCUT2D eigenvalue weighted by Crippen LogP contribution is 2.30. The zero-order valence-corrected chi connectivity index (χ0v) is 18.2. The van der Waals surface area contributed by atoms with Crippen LogP contribution >= 0.6 is 11.3 Å². The number of amides is 2. The van der Waals surface area contributed by atoms with Crippen LogP contribution in [0.3, 0.4) is 0 Å². The number of thiophene rings is 1. The van der Waals surface area contributed by atoms with Crippen LogP contribution in [0.1, 0.15) is 48.2 Å². The number of hydrogen-bond donors (Lipinski definition) is 2. The molecule has 0 spiro atoms. The number of nitrogens with two attached hydrogens (primary N) is 1. The largest absolute Gasteiger partial charge is 0.370 e. The van der Waals surface area contributed by atoms with Gasteiger partial charge in [0.05, 0.1) is 16.3 Å². The number of carbonyl (C=O) groups excluding carboxylic acids is 4. The molecule has 164 valence electrons. The van der Waals surface area contributed by atoms with E-state index in [-0.39, 0.29) is 55.0 Å². The highest BCUT2D eigenvalue weighted by molar-refractivity contribution is 7.12. The van der Waals surface area contributed by atoms with E-state index >= 15 is 0 Å². The van der Waals surface area contributed by atoms with Crippen LogP contribution in [0.4, 0.5) is 11.4 Å². The van der Waals surface area contributed by atoms with E-state index in [0.29, 0.717) is 36.5 Å². The van der Waals surface area contributed by atoms with E-state index in [1.165, 1.54) is 11.3 Å². The van der Waals surface area contributed by atoms with Crippen LogP contribution < -0.4 is 16.0 Å². The summed E-state index contributed by atoms with van der Waals surface area (Å²) in [6.07, 6.45) is 1.88. The Hall–Kier alpha value is -3.00. The summed E-state index contributed by atoms with van der Waals surface area (Å²) in [5.74, 6) is -0.736. The normalized spacial score (nSPS) is 14.3. The Morgan fingerprint density at radius 2 is 1.68 bits per heavy atom. The number of nitrogens with one attached hydrogen (secondary N) is 1. The Morgan fingerprint density at radius 3 is 2.35 bits per heavy atom. The molecule has 2 heterocycles. The van der Waals surface area contributed by atoms with Gasteiger partial charge >= 0.3 is 0 Å². The predicted molar refractivity (Wildman–Crippen MR) is 121 cm³/mol. The highest BCUT2D eigenvalue weighted by Gasteiger charge is 2.24. The van der Waals surface area contributed by atoms with Crippen LogP contribution in [-0.2, 0) is 14.4 Å². The maximum absolute atomic E-state index is 12.4.